The number of rotatable bonds is 3. The molecule has 3 rings (SSSR count). The first-order valence-electron chi connectivity index (χ1n) is 7.05. The van der Waals surface area contributed by atoms with Gasteiger partial charge in [0.15, 0.2) is 6.04 Å². The lowest BCUT2D eigenvalue weighted by atomic mass is 10.1. The maximum Gasteiger partial charge on any atom is 0.328 e. The summed E-state index contributed by atoms with van der Waals surface area (Å²) in [5.41, 5.74) is 0.966. The summed E-state index contributed by atoms with van der Waals surface area (Å²) in [7, 11) is 0. The second-order valence-electron chi connectivity index (χ2n) is 5.58. The molecule has 2 aliphatic rings. The van der Waals surface area contributed by atoms with Gasteiger partial charge in [0.2, 0.25) is 5.91 Å². The molecular formula is C15H15Cl2NO4. The second-order valence-corrected chi connectivity index (χ2v) is 6.40. The summed E-state index contributed by atoms with van der Waals surface area (Å²) in [5, 5.41) is 10.1. The lowest BCUT2D eigenvalue weighted by Gasteiger charge is -2.33. The number of carboxylic acid groups (broad SMARTS) is 1. The van der Waals surface area contributed by atoms with Crippen LogP contribution in [0.2, 0.25) is 10.0 Å². The zero-order chi connectivity index (χ0) is 15.9. The fourth-order valence-corrected chi connectivity index (χ4v) is 3.17. The second kappa shape index (κ2) is 6.07. The van der Waals surface area contributed by atoms with Crippen molar-refractivity contribution in [2.24, 2.45) is 5.92 Å². The average molecular weight is 344 g/mol. The van der Waals surface area contributed by atoms with E-state index in [1.165, 1.54) is 4.90 Å². The first-order chi connectivity index (χ1) is 10.5. The van der Waals surface area contributed by atoms with Crippen molar-refractivity contribution in [1.82, 2.24) is 4.90 Å². The fourth-order valence-electron chi connectivity index (χ4n) is 2.86. The van der Waals surface area contributed by atoms with E-state index in [1.807, 2.05) is 6.07 Å². The molecule has 1 saturated heterocycles. The third-order valence-electron chi connectivity index (χ3n) is 4.18. The molecular weight excluding hydrogens is 329 g/mol. The Labute approximate surface area is 137 Å². The largest absolute Gasteiger partial charge is 0.480 e. The van der Waals surface area contributed by atoms with Crippen LogP contribution in [-0.4, -0.2) is 47.7 Å². The van der Waals surface area contributed by atoms with Crippen LogP contribution in [0.4, 0.5) is 0 Å². The molecule has 1 heterocycles. The highest BCUT2D eigenvalue weighted by Crippen LogP contribution is 2.49. The van der Waals surface area contributed by atoms with Crippen molar-refractivity contribution in [3.8, 4) is 0 Å². The summed E-state index contributed by atoms with van der Waals surface area (Å²) in [6.07, 6.45) is 0.709. The van der Waals surface area contributed by atoms with Gasteiger partial charge in [0.1, 0.15) is 0 Å². The number of amides is 1. The standard InChI is InChI=1S/C15H15Cl2NO4/c16-11-2-1-8(5-12(11)17)9-6-10(9)14(19)18-3-4-22-7-13(18)15(20)21/h1-2,5,9-10,13H,3-4,6-7H2,(H,20,21)/t9-,10-,13+/m1/s1. The summed E-state index contributed by atoms with van der Waals surface area (Å²) in [4.78, 5) is 25.2. The van der Waals surface area contributed by atoms with Crippen molar-refractivity contribution in [3.63, 3.8) is 0 Å². The molecule has 0 radical (unpaired) electrons. The molecule has 0 aromatic heterocycles. The van der Waals surface area contributed by atoms with Crippen LogP contribution in [0.25, 0.3) is 0 Å². The number of carbonyl (C=O) groups excluding carboxylic acids is 1. The van der Waals surface area contributed by atoms with Crippen LogP contribution in [-0.2, 0) is 14.3 Å². The van der Waals surface area contributed by atoms with Crippen LogP contribution < -0.4 is 0 Å². The minimum atomic E-state index is -1.03. The number of ether oxygens (including phenoxy) is 1. The maximum absolute atomic E-state index is 12.6. The van der Waals surface area contributed by atoms with Crippen molar-refractivity contribution in [2.75, 3.05) is 19.8 Å². The van der Waals surface area contributed by atoms with E-state index in [1.54, 1.807) is 12.1 Å². The fraction of sp³-hybridized carbons (Fsp3) is 0.467. The number of hydrogen-bond donors (Lipinski definition) is 1. The van der Waals surface area contributed by atoms with Crippen molar-refractivity contribution in [2.45, 2.75) is 18.4 Å². The van der Waals surface area contributed by atoms with Gasteiger partial charge in [-0.25, -0.2) is 4.79 Å². The van der Waals surface area contributed by atoms with Crippen LogP contribution in [0.3, 0.4) is 0 Å². The predicted octanol–water partition coefficient (Wildman–Crippen LogP) is 2.41. The molecule has 1 aromatic rings. The van der Waals surface area contributed by atoms with Gasteiger partial charge in [-0.3, -0.25) is 4.79 Å². The SMILES string of the molecule is O=C(O)[C@@H]1COCCN1C(=O)[C@@H]1C[C@@H]1c1ccc(Cl)c(Cl)c1. The van der Waals surface area contributed by atoms with E-state index in [0.717, 1.165) is 5.56 Å². The van der Waals surface area contributed by atoms with Gasteiger partial charge in [0.25, 0.3) is 0 Å². The Balaban J connectivity index is 1.71. The Hall–Kier alpha value is -1.30. The number of morpholine rings is 1. The van der Waals surface area contributed by atoms with Gasteiger partial charge in [0, 0.05) is 12.5 Å². The van der Waals surface area contributed by atoms with Crippen molar-refractivity contribution >= 4 is 35.1 Å². The smallest absolute Gasteiger partial charge is 0.328 e. The predicted molar refractivity (Wildman–Crippen MR) is 81.3 cm³/mol. The number of halogens is 2. The van der Waals surface area contributed by atoms with Crippen LogP contribution in [0.15, 0.2) is 18.2 Å². The summed E-state index contributed by atoms with van der Waals surface area (Å²) in [5.74, 6) is -1.25. The zero-order valence-corrected chi connectivity index (χ0v) is 13.2. The molecule has 0 unspecified atom stereocenters. The van der Waals surface area contributed by atoms with Gasteiger partial charge < -0.3 is 14.7 Å². The molecule has 0 bridgehead atoms. The Bertz CT molecular complexity index is 622. The zero-order valence-electron chi connectivity index (χ0n) is 11.7. The molecule has 3 atom stereocenters. The lowest BCUT2D eigenvalue weighted by molar-refractivity contribution is -0.158. The van der Waals surface area contributed by atoms with E-state index in [2.05, 4.69) is 0 Å². The molecule has 1 aliphatic heterocycles. The summed E-state index contributed by atoms with van der Waals surface area (Å²) in [6.45, 7) is 0.741. The van der Waals surface area contributed by atoms with Gasteiger partial charge in [-0.15, -0.1) is 0 Å². The highest BCUT2D eigenvalue weighted by atomic mass is 35.5. The third-order valence-corrected chi connectivity index (χ3v) is 4.92. The molecule has 1 N–H and O–H groups in total. The molecule has 7 heteroatoms. The molecule has 5 nitrogen and oxygen atoms in total. The van der Waals surface area contributed by atoms with E-state index >= 15 is 0 Å². The summed E-state index contributed by atoms with van der Waals surface area (Å²) < 4.78 is 5.16. The Morgan fingerprint density at radius 3 is 2.73 bits per heavy atom. The van der Waals surface area contributed by atoms with Crippen LogP contribution in [0.5, 0.6) is 0 Å². The average Bonchev–Trinajstić information content (AvgIpc) is 3.30. The number of hydrogen-bond acceptors (Lipinski definition) is 3. The first kappa shape index (κ1) is 15.6. The normalized spacial score (nSPS) is 27.5. The molecule has 118 valence electrons. The number of nitrogens with zero attached hydrogens (tertiary/aromatic N) is 1. The van der Waals surface area contributed by atoms with Crippen molar-refractivity contribution in [3.05, 3.63) is 33.8 Å². The molecule has 1 aliphatic carbocycles. The van der Waals surface area contributed by atoms with Crippen molar-refractivity contribution < 1.29 is 19.4 Å². The quantitative estimate of drug-likeness (QED) is 0.915. The Kier molecular flexibility index (Phi) is 4.30. The highest BCUT2D eigenvalue weighted by Gasteiger charge is 2.48. The molecule has 1 saturated carbocycles. The van der Waals surface area contributed by atoms with E-state index in [0.29, 0.717) is 29.6 Å². The number of carbonyl (C=O) groups is 2. The molecule has 22 heavy (non-hydrogen) atoms. The van der Waals surface area contributed by atoms with Gasteiger partial charge in [0.05, 0.1) is 23.3 Å². The van der Waals surface area contributed by atoms with E-state index < -0.39 is 12.0 Å². The van der Waals surface area contributed by atoms with E-state index in [9.17, 15) is 14.7 Å². The molecule has 2 fully saturated rings. The third kappa shape index (κ3) is 2.93. The first-order valence-corrected chi connectivity index (χ1v) is 7.80. The monoisotopic (exact) mass is 343 g/mol. The topological polar surface area (TPSA) is 66.8 Å². The van der Waals surface area contributed by atoms with E-state index in [4.69, 9.17) is 27.9 Å². The van der Waals surface area contributed by atoms with Gasteiger partial charge >= 0.3 is 5.97 Å². The van der Waals surface area contributed by atoms with Gasteiger partial charge in [-0.05, 0) is 30.0 Å². The molecule has 1 aromatic carbocycles. The molecule has 0 spiro atoms. The van der Waals surface area contributed by atoms with Crippen LogP contribution in [0.1, 0.15) is 17.9 Å². The van der Waals surface area contributed by atoms with Crippen LogP contribution in [0, 0.1) is 5.92 Å². The maximum atomic E-state index is 12.6. The van der Waals surface area contributed by atoms with E-state index in [-0.39, 0.29) is 24.3 Å². The summed E-state index contributed by atoms with van der Waals surface area (Å²) in [6, 6.07) is 4.46. The number of aliphatic carboxylic acids is 1. The highest BCUT2D eigenvalue weighted by molar-refractivity contribution is 6.42. The van der Waals surface area contributed by atoms with Crippen molar-refractivity contribution in [1.29, 1.82) is 0 Å². The number of benzene rings is 1. The Morgan fingerprint density at radius 1 is 1.27 bits per heavy atom. The number of carboxylic acids is 1. The Morgan fingerprint density at radius 2 is 2.05 bits per heavy atom. The lowest BCUT2D eigenvalue weighted by Crippen LogP contribution is -2.53. The van der Waals surface area contributed by atoms with Crippen LogP contribution >= 0.6 is 23.2 Å². The summed E-state index contributed by atoms with van der Waals surface area (Å²) >= 11 is 11.9. The molecule has 1 amide bonds. The minimum absolute atomic E-state index is 0.0469. The minimum Gasteiger partial charge on any atom is -0.480 e. The van der Waals surface area contributed by atoms with Gasteiger partial charge in [-0.2, -0.15) is 0 Å². The van der Waals surface area contributed by atoms with Gasteiger partial charge in [-0.1, -0.05) is 29.3 Å².